The first-order valence-corrected chi connectivity index (χ1v) is 9.44. The molecule has 0 saturated heterocycles. The number of nitrogens with zero attached hydrogens (tertiary/aromatic N) is 3. The van der Waals surface area contributed by atoms with Gasteiger partial charge in [-0.15, -0.1) is 0 Å². The fraction of sp³-hybridized carbons (Fsp3) is 0.174. The molecule has 0 aliphatic carbocycles. The van der Waals surface area contributed by atoms with Gasteiger partial charge in [0, 0.05) is 30.4 Å². The molecule has 4 rings (SSSR count). The number of rotatable bonds is 6. The molecule has 146 valence electrons. The number of hydrogen-bond donors (Lipinski definition) is 1. The van der Waals surface area contributed by atoms with Crippen molar-refractivity contribution in [2.45, 2.75) is 6.92 Å². The van der Waals surface area contributed by atoms with Gasteiger partial charge in [0.25, 0.3) is 0 Å². The maximum absolute atomic E-state index is 5.96. The predicted molar refractivity (Wildman–Crippen MR) is 115 cm³/mol. The second-order valence-corrected chi connectivity index (χ2v) is 6.42. The van der Waals surface area contributed by atoms with E-state index in [1.54, 1.807) is 19.5 Å². The zero-order valence-electron chi connectivity index (χ0n) is 16.6. The highest BCUT2D eigenvalue weighted by Crippen LogP contribution is 2.36. The number of pyridine rings is 1. The van der Waals surface area contributed by atoms with Gasteiger partial charge in [-0.1, -0.05) is 12.1 Å². The Hall–Kier alpha value is -3.67. The van der Waals surface area contributed by atoms with E-state index >= 15 is 0 Å². The molecule has 0 bridgehead atoms. The predicted octanol–water partition coefficient (Wildman–Crippen LogP) is 4.81. The van der Waals surface area contributed by atoms with Crippen molar-refractivity contribution in [2.24, 2.45) is 0 Å². The number of fused-ring (bicyclic) bond motifs is 1. The van der Waals surface area contributed by atoms with Gasteiger partial charge < -0.3 is 14.8 Å². The molecule has 1 N–H and O–H groups in total. The summed E-state index contributed by atoms with van der Waals surface area (Å²) in [5.74, 6) is 2.89. The number of hydrogen-bond acceptors (Lipinski definition) is 6. The molecule has 0 atom stereocenters. The van der Waals surface area contributed by atoms with Gasteiger partial charge in [-0.2, -0.15) is 0 Å². The van der Waals surface area contributed by atoms with Crippen LogP contribution in [0.15, 0.2) is 60.9 Å². The second-order valence-electron chi connectivity index (χ2n) is 6.42. The van der Waals surface area contributed by atoms with Crippen molar-refractivity contribution < 1.29 is 9.47 Å². The minimum atomic E-state index is 0.544. The van der Waals surface area contributed by atoms with Gasteiger partial charge in [0.15, 0.2) is 5.82 Å². The van der Waals surface area contributed by atoms with Gasteiger partial charge in [-0.3, -0.25) is 4.98 Å². The largest absolute Gasteiger partial charge is 0.497 e. The SMILES string of the molecule is CCOc1cc(-c2ccc(OC)cc2)cc2c(NC)nc(-c3cccnc3)nc12. The van der Waals surface area contributed by atoms with E-state index in [1.807, 2.05) is 56.4 Å². The van der Waals surface area contributed by atoms with E-state index in [0.29, 0.717) is 12.4 Å². The molecular formula is C23H22N4O2. The molecule has 0 unspecified atom stereocenters. The summed E-state index contributed by atoms with van der Waals surface area (Å²) in [5.41, 5.74) is 3.71. The Balaban J connectivity index is 1.93. The molecule has 4 aromatic rings. The summed E-state index contributed by atoms with van der Waals surface area (Å²) in [4.78, 5) is 13.7. The van der Waals surface area contributed by atoms with Gasteiger partial charge >= 0.3 is 0 Å². The summed E-state index contributed by atoms with van der Waals surface area (Å²) in [5, 5.41) is 4.10. The van der Waals surface area contributed by atoms with Gasteiger partial charge in [0.05, 0.1) is 13.7 Å². The Kier molecular flexibility index (Phi) is 5.24. The van der Waals surface area contributed by atoms with E-state index in [9.17, 15) is 0 Å². The van der Waals surface area contributed by atoms with Crippen LogP contribution in [0, 0.1) is 0 Å². The van der Waals surface area contributed by atoms with Crippen molar-refractivity contribution in [3.8, 4) is 34.0 Å². The summed E-state index contributed by atoms with van der Waals surface area (Å²) in [7, 11) is 3.52. The van der Waals surface area contributed by atoms with Crippen molar-refractivity contribution in [3.05, 3.63) is 60.9 Å². The third kappa shape index (κ3) is 3.69. The minimum Gasteiger partial charge on any atom is -0.497 e. The molecule has 0 amide bonds. The van der Waals surface area contributed by atoms with Crippen LogP contribution in [-0.2, 0) is 0 Å². The summed E-state index contributed by atoms with van der Waals surface area (Å²) in [6.07, 6.45) is 3.49. The molecule has 0 aliphatic heterocycles. The molecule has 0 fully saturated rings. The van der Waals surface area contributed by atoms with Crippen LogP contribution in [0.25, 0.3) is 33.4 Å². The van der Waals surface area contributed by atoms with E-state index in [-0.39, 0.29) is 0 Å². The molecule has 0 aliphatic rings. The van der Waals surface area contributed by atoms with Gasteiger partial charge in [-0.25, -0.2) is 9.97 Å². The quantitative estimate of drug-likeness (QED) is 0.513. The monoisotopic (exact) mass is 386 g/mol. The Morgan fingerprint density at radius 2 is 1.79 bits per heavy atom. The van der Waals surface area contributed by atoms with E-state index in [0.717, 1.165) is 44.9 Å². The molecular weight excluding hydrogens is 364 g/mol. The summed E-state index contributed by atoms with van der Waals surface area (Å²) in [6.45, 7) is 2.51. The van der Waals surface area contributed by atoms with Crippen LogP contribution in [-0.4, -0.2) is 35.7 Å². The Morgan fingerprint density at radius 1 is 0.966 bits per heavy atom. The number of ether oxygens (including phenoxy) is 2. The zero-order valence-corrected chi connectivity index (χ0v) is 16.6. The maximum Gasteiger partial charge on any atom is 0.163 e. The van der Waals surface area contributed by atoms with E-state index in [1.165, 1.54) is 0 Å². The van der Waals surface area contributed by atoms with Crippen LogP contribution in [0.2, 0.25) is 0 Å². The van der Waals surface area contributed by atoms with Crippen LogP contribution in [0.5, 0.6) is 11.5 Å². The molecule has 0 saturated carbocycles. The van der Waals surface area contributed by atoms with Crippen LogP contribution in [0.4, 0.5) is 5.82 Å². The van der Waals surface area contributed by atoms with Crippen LogP contribution in [0.1, 0.15) is 6.92 Å². The molecule has 2 heterocycles. The van der Waals surface area contributed by atoms with Crippen molar-refractivity contribution in [3.63, 3.8) is 0 Å². The summed E-state index contributed by atoms with van der Waals surface area (Å²) in [6, 6.07) is 15.9. The number of benzene rings is 2. The maximum atomic E-state index is 5.96. The lowest BCUT2D eigenvalue weighted by Gasteiger charge is -2.14. The molecule has 6 heteroatoms. The van der Waals surface area contributed by atoms with Gasteiger partial charge in [-0.05, 0) is 54.4 Å². The lowest BCUT2D eigenvalue weighted by molar-refractivity contribution is 0.344. The van der Waals surface area contributed by atoms with Crippen LogP contribution < -0.4 is 14.8 Å². The molecule has 6 nitrogen and oxygen atoms in total. The minimum absolute atomic E-state index is 0.544. The van der Waals surface area contributed by atoms with Crippen molar-refractivity contribution in [1.29, 1.82) is 0 Å². The average Bonchev–Trinajstić information content (AvgIpc) is 2.79. The number of methoxy groups -OCH3 is 1. The summed E-state index contributed by atoms with van der Waals surface area (Å²) < 4.78 is 11.2. The Bertz CT molecular complexity index is 1130. The third-order valence-electron chi connectivity index (χ3n) is 4.65. The number of nitrogens with one attached hydrogen (secondary N) is 1. The smallest absolute Gasteiger partial charge is 0.163 e. The molecule has 2 aromatic carbocycles. The number of aromatic nitrogens is 3. The Labute approximate surface area is 169 Å². The highest BCUT2D eigenvalue weighted by molar-refractivity contribution is 5.97. The van der Waals surface area contributed by atoms with Crippen LogP contribution in [0.3, 0.4) is 0 Å². The first kappa shape index (κ1) is 18.7. The average molecular weight is 386 g/mol. The molecule has 0 spiro atoms. The zero-order chi connectivity index (χ0) is 20.2. The first-order valence-electron chi connectivity index (χ1n) is 9.44. The van der Waals surface area contributed by atoms with E-state index in [2.05, 4.69) is 16.4 Å². The van der Waals surface area contributed by atoms with Crippen molar-refractivity contribution in [1.82, 2.24) is 15.0 Å². The van der Waals surface area contributed by atoms with Crippen LogP contribution >= 0.6 is 0 Å². The first-order chi connectivity index (χ1) is 14.2. The molecule has 0 radical (unpaired) electrons. The fourth-order valence-corrected chi connectivity index (χ4v) is 3.23. The van der Waals surface area contributed by atoms with Gasteiger partial charge in [0.2, 0.25) is 0 Å². The highest BCUT2D eigenvalue weighted by Gasteiger charge is 2.15. The van der Waals surface area contributed by atoms with Crippen molar-refractivity contribution >= 4 is 16.7 Å². The molecule has 29 heavy (non-hydrogen) atoms. The number of anilines is 1. The topological polar surface area (TPSA) is 69.2 Å². The van der Waals surface area contributed by atoms with E-state index < -0.39 is 0 Å². The van der Waals surface area contributed by atoms with Crippen molar-refractivity contribution in [2.75, 3.05) is 26.1 Å². The van der Waals surface area contributed by atoms with E-state index in [4.69, 9.17) is 19.4 Å². The van der Waals surface area contributed by atoms with Gasteiger partial charge in [0.1, 0.15) is 22.8 Å². The Morgan fingerprint density at radius 3 is 2.45 bits per heavy atom. The fourth-order valence-electron chi connectivity index (χ4n) is 3.23. The third-order valence-corrected chi connectivity index (χ3v) is 4.65. The second kappa shape index (κ2) is 8.14. The normalized spacial score (nSPS) is 10.7. The lowest BCUT2D eigenvalue weighted by atomic mass is 10.0. The summed E-state index contributed by atoms with van der Waals surface area (Å²) >= 11 is 0. The molecule has 2 aromatic heterocycles. The highest BCUT2D eigenvalue weighted by atomic mass is 16.5. The standard InChI is InChI=1S/C23H22N4O2/c1-4-29-20-13-17(15-7-9-18(28-3)10-8-15)12-19-21(20)26-22(27-23(19)24-2)16-6-5-11-25-14-16/h5-14H,4H2,1-3H3,(H,24,26,27). The lowest BCUT2D eigenvalue weighted by Crippen LogP contribution is -2.02.